The van der Waals surface area contributed by atoms with E-state index in [2.05, 4.69) is 4.74 Å². The van der Waals surface area contributed by atoms with Crippen molar-refractivity contribution in [1.29, 1.82) is 0 Å². The summed E-state index contributed by atoms with van der Waals surface area (Å²) >= 11 is 0. The summed E-state index contributed by atoms with van der Waals surface area (Å²) in [5.41, 5.74) is 1.84. The Hall–Kier alpha value is -2.35. The first kappa shape index (κ1) is 15.7. The van der Waals surface area contributed by atoms with Crippen molar-refractivity contribution in [3.05, 3.63) is 83.9 Å². The lowest BCUT2D eigenvalue weighted by atomic mass is 10.1. The van der Waals surface area contributed by atoms with E-state index in [9.17, 15) is 4.79 Å². The summed E-state index contributed by atoms with van der Waals surface area (Å²) in [6, 6.07) is 22.0. The Labute approximate surface area is 120 Å². The quantitative estimate of drug-likeness (QED) is 0.620. The lowest BCUT2D eigenvalue weighted by Gasteiger charge is -1.99. The molecule has 2 rings (SSSR count). The highest BCUT2D eigenvalue weighted by Gasteiger charge is 2.01. The molecule has 0 bridgehead atoms. The number of carbonyl (C=O) groups is 1. The van der Waals surface area contributed by atoms with Gasteiger partial charge in [0.25, 0.3) is 0 Å². The topological polar surface area (TPSA) is 26.3 Å². The molecule has 0 atom stereocenters. The van der Waals surface area contributed by atoms with Crippen LogP contribution in [0, 0.1) is 0 Å². The normalized spacial score (nSPS) is 10.2. The van der Waals surface area contributed by atoms with Gasteiger partial charge in [0.15, 0.2) is 0 Å². The van der Waals surface area contributed by atoms with Crippen LogP contribution in [0.15, 0.2) is 78.4 Å². The number of rotatable bonds is 3. The van der Waals surface area contributed by atoms with Crippen molar-refractivity contribution >= 4 is 5.97 Å². The Morgan fingerprint density at radius 2 is 1.40 bits per heavy atom. The maximum atomic E-state index is 11.0. The molecule has 2 heteroatoms. The van der Waals surface area contributed by atoms with Gasteiger partial charge in [-0.1, -0.05) is 72.8 Å². The van der Waals surface area contributed by atoms with Crippen LogP contribution in [-0.2, 0) is 16.0 Å². The zero-order chi connectivity index (χ0) is 14.6. The molecule has 0 aliphatic carbocycles. The smallest absolute Gasteiger partial charge is 0.333 e. The molecule has 0 aromatic heterocycles. The molecule has 0 aliphatic heterocycles. The third-order valence-corrected chi connectivity index (χ3v) is 2.66. The highest BCUT2D eigenvalue weighted by Crippen LogP contribution is 2.03. The van der Waals surface area contributed by atoms with Gasteiger partial charge in [0, 0.05) is 5.57 Å². The van der Waals surface area contributed by atoms with Crippen molar-refractivity contribution < 1.29 is 9.53 Å². The Kier molecular flexibility index (Phi) is 7.51. The van der Waals surface area contributed by atoms with Crippen LogP contribution in [0.1, 0.15) is 12.5 Å². The van der Waals surface area contributed by atoms with Crippen LogP contribution < -0.4 is 0 Å². The van der Waals surface area contributed by atoms with Crippen molar-refractivity contribution in [2.45, 2.75) is 13.3 Å². The minimum atomic E-state index is -0.263. The molecule has 0 amide bonds. The second-order valence-corrected chi connectivity index (χ2v) is 4.22. The largest absolute Gasteiger partial charge is 0.466 e. The lowest BCUT2D eigenvalue weighted by molar-refractivity contribution is -0.136. The van der Waals surface area contributed by atoms with E-state index in [0.29, 0.717) is 5.57 Å². The molecular weight excluding hydrogens is 248 g/mol. The fraction of sp³-hybridized carbons (Fsp3) is 0.167. The summed E-state index contributed by atoms with van der Waals surface area (Å²) in [6.45, 7) is 1.76. The predicted molar refractivity (Wildman–Crippen MR) is 82.4 cm³/mol. The van der Waals surface area contributed by atoms with E-state index in [1.165, 1.54) is 12.7 Å². The molecule has 2 aromatic rings. The fourth-order valence-electron chi connectivity index (χ4n) is 1.51. The first-order valence-corrected chi connectivity index (χ1v) is 6.53. The van der Waals surface area contributed by atoms with Crippen molar-refractivity contribution in [3.63, 3.8) is 0 Å². The van der Waals surface area contributed by atoms with Crippen molar-refractivity contribution in [1.82, 2.24) is 0 Å². The summed E-state index contributed by atoms with van der Waals surface area (Å²) in [6.07, 6.45) is 2.64. The molecule has 0 unspecified atom stereocenters. The summed E-state index contributed by atoms with van der Waals surface area (Å²) < 4.78 is 4.59. The third-order valence-electron chi connectivity index (χ3n) is 2.66. The Bertz CT molecular complexity index is 489. The number of hydrogen-bond donors (Lipinski definition) is 0. The van der Waals surface area contributed by atoms with Gasteiger partial charge in [-0.25, -0.2) is 4.79 Å². The summed E-state index contributed by atoms with van der Waals surface area (Å²) in [4.78, 5) is 11.0. The SMILES string of the molecule is COC(=O)C(C)=CCc1ccccc1.c1ccccc1. The van der Waals surface area contributed by atoms with Gasteiger partial charge in [-0.2, -0.15) is 0 Å². The van der Waals surface area contributed by atoms with E-state index in [0.717, 1.165) is 6.42 Å². The van der Waals surface area contributed by atoms with Gasteiger partial charge < -0.3 is 4.74 Å². The zero-order valence-corrected chi connectivity index (χ0v) is 12.0. The molecule has 2 aromatic carbocycles. The molecule has 0 saturated carbocycles. The maximum absolute atomic E-state index is 11.0. The zero-order valence-electron chi connectivity index (χ0n) is 12.0. The van der Waals surface area contributed by atoms with E-state index in [1.807, 2.05) is 72.8 Å². The second-order valence-electron chi connectivity index (χ2n) is 4.22. The van der Waals surface area contributed by atoms with E-state index in [1.54, 1.807) is 6.92 Å². The van der Waals surface area contributed by atoms with Crippen LogP contribution in [0.4, 0.5) is 0 Å². The second kappa shape index (κ2) is 9.56. The summed E-state index contributed by atoms with van der Waals surface area (Å²) in [7, 11) is 1.39. The number of hydrogen-bond acceptors (Lipinski definition) is 2. The van der Waals surface area contributed by atoms with Gasteiger partial charge in [-0.15, -0.1) is 0 Å². The molecule has 20 heavy (non-hydrogen) atoms. The van der Waals surface area contributed by atoms with Crippen LogP contribution in [0.3, 0.4) is 0 Å². The molecule has 0 heterocycles. The van der Waals surface area contributed by atoms with E-state index in [4.69, 9.17) is 0 Å². The molecular formula is C18H20O2. The monoisotopic (exact) mass is 268 g/mol. The van der Waals surface area contributed by atoms with E-state index in [-0.39, 0.29) is 5.97 Å². The average molecular weight is 268 g/mol. The minimum Gasteiger partial charge on any atom is -0.466 e. The predicted octanol–water partition coefficient (Wildman–Crippen LogP) is 4.04. The van der Waals surface area contributed by atoms with Gasteiger partial charge in [0.05, 0.1) is 7.11 Å². The molecule has 0 fully saturated rings. The number of benzene rings is 2. The Morgan fingerprint density at radius 3 is 1.85 bits per heavy atom. The van der Waals surface area contributed by atoms with Crippen LogP contribution in [0.25, 0.3) is 0 Å². The molecule has 2 nitrogen and oxygen atoms in total. The highest BCUT2D eigenvalue weighted by molar-refractivity contribution is 5.87. The lowest BCUT2D eigenvalue weighted by Crippen LogP contribution is -2.01. The average Bonchev–Trinajstić information content (AvgIpc) is 2.55. The minimum absolute atomic E-state index is 0.263. The number of carbonyl (C=O) groups excluding carboxylic acids is 1. The molecule has 0 N–H and O–H groups in total. The van der Waals surface area contributed by atoms with Crippen LogP contribution in [0.5, 0.6) is 0 Å². The summed E-state index contributed by atoms with van der Waals surface area (Å²) in [5.74, 6) is -0.263. The van der Waals surface area contributed by atoms with E-state index >= 15 is 0 Å². The van der Waals surface area contributed by atoms with Crippen molar-refractivity contribution in [3.8, 4) is 0 Å². The van der Waals surface area contributed by atoms with Crippen LogP contribution >= 0.6 is 0 Å². The van der Waals surface area contributed by atoms with Gasteiger partial charge in [-0.05, 0) is 18.9 Å². The third kappa shape index (κ3) is 6.55. The Morgan fingerprint density at radius 1 is 0.950 bits per heavy atom. The number of ether oxygens (including phenoxy) is 1. The highest BCUT2D eigenvalue weighted by atomic mass is 16.5. The van der Waals surface area contributed by atoms with Crippen molar-refractivity contribution in [2.75, 3.05) is 7.11 Å². The summed E-state index contributed by atoms with van der Waals surface area (Å²) in [5, 5.41) is 0. The molecule has 0 aliphatic rings. The molecule has 0 radical (unpaired) electrons. The van der Waals surface area contributed by atoms with Crippen molar-refractivity contribution in [2.24, 2.45) is 0 Å². The van der Waals surface area contributed by atoms with Gasteiger partial charge in [0.2, 0.25) is 0 Å². The number of esters is 1. The number of allylic oxidation sites excluding steroid dienone is 1. The van der Waals surface area contributed by atoms with Gasteiger partial charge >= 0.3 is 5.97 Å². The van der Waals surface area contributed by atoms with Crippen LogP contribution in [-0.4, -0.2) is 13.1 Å². The van der Waals surface area contributed by atoms with Gasteiger partial charge in [-0.3, -0.25) is 0 Å². The van der Waals surface area contributed by atoms with E-state index < -0.39 is 0 Å². The standard InChI is InChI=1S/C12H14O2.C6H6/c1-10(12(13)14-2)8-9-11-6-4-3-5-7-11;1-2-4-6-5-3-1/h3-8H,9H2,1-2H3;1-6H. The molecule has 0 saturated heterocycles. The maximum Gasteiger partial charge on any atom is 0.333 e. The first-order valence-electron chi connectivity index (χ1n) is 6.53. The molecule has 104 valence electrons. The molecule has 0 spiro atoms. The fourth-order valence-corrected chi connectivity index (χ4v) is 1.51. The number of methoxy groups -OCH3 is 1. The first-order chi connectivity index (χ1) is 9.74. The van der Waals surface area contributed by atoms with Gasteiger partial charge in [0.1, 0.15) is 0 Å². The Balaban J connectivity index is 0.000000276. The van der Waals surface area contributed by atoms with Crippen LogP contribution in [0.2, 0.25) is 0 Å².